The summed E-state index contributed by atoms with van der Waals surface area (Å²) in [5, 5.41) is 14.2. The number of aliphatic hydroxyl groups excluding tert-OH is 1. The van der Waals surface area contributed by atoms with E-state index in [1.165, 1.54) is 0 Å². The maximum Gasteiger partial charge on any atom is 0.182 e. The number of anilines is 2. The van der Waals surface area contributed by atoms with Gasteiger partial charge in [-0.05, 0) is 33.6 Å². The highest BCUT2D eigenvalue weighted by molar-refractivity contribution is 7.91. The van der Waals surface area contributed by atoms with E-state index < -0.39 is 21.5 Å². The lowest BCUT2D eigenvalue weighted by molar-refractivity contribution is 0.153. The zero-order chi connectivity index (χ0) is 16.0. The van der Waals surface area contributed by atoms with E-state index in [0.29, 0.717) is 18.9 Å². The molecule has 0 amide bonds. The average Bonchev–Trinajstić information content (AvgIpc) is 2.66. The molecular weight excluding hydrogens is 292 g/mol. The molecule has 0 bridgehead atoms. The summed E-state index contributed by atoms with van der Waals surface area (Å²) < 4.78 is 25.8. The minimum atomic E-state index is -3.50. The second kappa shape index (κ2) is 5.17. The van der Waals surface area contributed by atoms with Crippen LogP contribution >= 0.6 is 0 Å². The molecule has 0 spiro atoms. The summed E-state index contributed by atoms with van der Waals surface area (Å²) in [7, 11) is -3.50. The van der Waals surface area contributed by atoms with Crippen LogP contribution in [0.2, 0.25) is 0 Å². The summed E-state index contributed by atoms with van der Waals surface area (Å²) in [6.07, 6.45) is 2.19. The number of aliphatic hydroxyl groups is 1. The molecular formula is C13H24N4O3S. The Hall–Kier alpha value is -1.28. The van der Waals surface area contributed by atoms with Crippen LogP contribution in [0.3, 0.4) is 0 Å². The van der Waals surface area contributed by atoms with E-state index >= 15 is 0 Å². The van der Waals surface area contributed by atoms with Crippen LogP contribution in [-0.4, -0.2) is 48.8 Å². The topological polar surface area (TPSA) is 101 Å². The first-order valence-corrected chi connectivity index (χ1v) is 8.93. The Kier molecular flexibility index (Phi) is 3.96. The van der Waals surface area contributed by atoms with Gasteiger partial charge in [0.15, 0.2) is 20.6 Å². The first kappa shape index (κ1) is 16.1. The Morgan fingerprint density at radius 2 is 2.00 bits per heavy atom. The summed E-state index contributed by atoms with van der Waals surface area (Å²) in [5.41, 5.74) is 5.63. The van der Waals surface area contributed by atoms with Crippen molar-refractivity contribution in [2.45, 2.75) is 50.2 Å². The van der Waals surface area contributed by atoms with Crippen LogP contribution in [0.5, 0.6) is 0 Å². The number of piperidine rings is 1. The summed E-state index contributed by atoms with van der Waals surface area (Å²) >= 11 is 0. The molecule has 1 fully saturated rings. The molecule has 1 aromatic rings. The van der Waals surface area contributed by atoms with Gasteiger partial charge < -0.3 is 15.7 Å². The van der Waals surface area contributed by atoms with E-state index in [2.05, 4.69) is 5.10 Å². The standard InChI is InChI=1S/C13H24N4O3S/c1-13(2,3)17-11(14)10(21(4,19)20)12(15-17)16-7-5-6-9(18)8-16/h9,18H,5-8,14H2,1-4H3. The second-order valence-corrected chi connectivity index (χ2v) is 8.59. The summed E-state index contributed by atoms with van der Waals surface area (Å²) in [6.45, 7) is 6.79. The molecule has 8 heteroatoms. The van der Waals surface area contributed by atoms with Crippen LogP contribution in [0.25, 0.3) is 0 Å². The number of aromatic nitrogens is 2. The van der Waals surface area contributed by atoms with Gasteiger partial charge in [-0.15, -0.1) is 0 Å². The SMILES string of the molecule is CC(C)(C)n1nc(N2CCCC(O)C2)c(S(C)(=O)=O)c1N. The Morgan fingerprint density at radius 1 is 1.38 bits per heavy atom. The third-order valence-electron chi connectivity index (χ3n) is 3.56. The highest BCUT2D eigenvalue weighted by atomic mass is 32.2. The maximum atomic E-state index is 12.1. The average molecular weight is 316 g/mol. The van der Waals surface area contributed by atoms with Crippen LogP contribution in [-0.2, 0) is 15.4 Å². The number of nitrogens with two attached hydrogens (primary N) is 1. The number of nitrogens with zero attached hydrogens (tertiary/aromatic N) is 3. The molecule has 1 aromatic heterocycles. The third-order valence-corrected chi connectivity index (χ3v) is 4.69. The van der Waals surface area contributed by atoms with Crippen molar-refractivity contribution in [3.05, 3.63) is 0 Å². The predicted octanol–water partition coefficient (Wildman–Crippen LogP) is 0.585. The lowest BCUT2D eigenvalue weighted by Crippen LogP contribution is -2.39. The molecule has 1 atom stereocenters. The predicted molar refractivity (Wildman–Crippen MR) is 82.2 cm³/mol. The van der Waals surface area contributed by atoms with Crippen molar-refractivity contribution in [2.24, 2.45) is 0 Å². The molecule has 1 saturated heterocycles. The monoisotopic (exact) mass is 316 g/mol. The second-order valence-electron chi connectivity index (χ2n) is 6.63. The van der Waals surface area contributed by atoms with E-state index in [4.69, 9.17) is 5.73 Å². The van der Waals surface area contributed by atoms with Crippen LogP contribution in [0.4, 0.5) is 11.6 Å². The summed E-state index contributed by atoms with van der Waals surface area (Å²) in [4.78, 5) is 1.87. The van der Waals surface area contributed by atoms with Gasteiger partial charge in [-0.3, -0.25) is 0 Å². The normalized spacial score (nSPS) is 20.8. The highest BCUT2D eigenvalue weighted by Crippen LogP contribution is 2.34. The van der Waals surface area contributed by atoms with Crippen molar-refractivity contribution < 1.29 is 13.5 Å². The summed E-state index contributed by atoms with van der Waals surface area (Å²) in [5.74, 6) is 0.503. The van der Waals surface area contributed by atoms with E-state index in [1.54, 1.807) is 4.68 Å². The number of nitrogen functional groups attached to an aromatic ring is 1. The van der Waals surface area contributed by atoms with Gasteiger partial charge in [0.2, 0.25) is 0 Å². The number of sulfone groups is 1. The molecule has 0 saturated carbocycles. The van der Waals surface area contributed by atoms with E-state index in [1.807, 2.05) is 25.7 Å². The van der Waals surface area contributed by atoms with Crippen LogP contribution in [0.15, 0.2) is 4.90 Å². The van der Waals surface area contributed by atoms with Crippen molar-refractivity contribution in [2.75, 3.05) is 30.0 Å². The van der Waals surface area contributed by atoms with Crippen molar-refractivity contribution in [3.8, 4) is 0 Å². The number of rotatable bonds is 2. The van der Waals surface area contributed by atoms with Gasteiger partial charge in [0.1, 0.15) is 5.82 Å². The van der Waals surface area contributed by atoms with E-state index in [0.717, 1.165) is 19.1 Å². The fraction of sp³-hybridized carbons (Fsp3) is 0.769. The number of hydrogen-bond donors (Lipinski definition) is 2. The molecule has 1 aliphatic heterocycles. The van der Waals surface area contributed by atoms with Crippen molar-refractivity contribution in [3.63, 3.8) is 0 Å². The maximum absolute atomic E-state index is 12.1. The Bertz CT molecular complexity index is 631. The lowest BCUT2D eigenvalue weighted by atomic mass is 10.1. The fourth-order valence-corrected chi connectivity index (χ4v) is 3.59. The molecule has 2 heterocycles. The highest BCUT2D eigenvalue weighted by Gasteiger charge is 2.32. The van der Waals surface area contributed by atoms with Gasteiger partial charge in [0.05, 0.1) is 11.6 Å². The molecule has 7 nitrogen and oxygen atoms in total. The molecule has 3 N–H and O–H groups in total. The molecule has 120 valence electrons. The largest absolute Gasteiger partial charge is 0.391 e. The molecule has 2 rings (SSSR count). The molecule has 1 unspecified atom stereocenters. The molecule has 0 aromatic carbocycles. The van der Waals surface area contributed by atoms with Crippen molar-refractivity contribution >= 4 is 21.5 Å². The van der Waals surface area contributed by atoms with Gasteiger partial charge in [-0.2, -0.15) is 5.10 Å². The Balaban J connectivity index is 2.59. The molecule has 0 aliphatic carbocycles. The van der Waals surface area contributed by atoms with Crippen LogP contribution in [0, 0.1) is 0 Å². The molecule has 0 radical (unpaired) electrons. The van der Waals surface area contributed by atoms with E-state index in [-0.39, 0.29) is 10.7 Å². The summed E-state index contributed by atoms with van der Waals surface area (Å²) in [6, 6.07) is 0. The van der Waals surface area contributed by atoms with E-state index in [9.17, 15) is 13.5 Å². The Morgan fingerprint density at radius 3 is 2.48 bits per heavy atom. The minimum Gasteiger partial charge on any atom is -0.391 e. The molecule has 1 aliphatic rings. The zero-order valence-corrected chi connectivity index (χ0v) is 13.8. The third kappa shape index (κ3) is 3.16. The van der Waals surface area contributed by atoms with Crippen molar-refractivity contribution in [1.82, 2.24) is 9.78 Å². The number of hydrogen-bond acceptors (Lipinski definition) is 6. The number of β-amino-alcohol motifs (C(OH)–C–C–N with tert-alkyl or cyclic N) is 1. The van der Waals surface area contributed by atoms with Crippen LogP contribution < -0.4 is 10.6 Å². The van der Waals surface area contributed by atoms with Gasteiger partial charge >= 0.3 is 0 Å². The zero-order valence-electron chi connectivity index (χ0n) is 13.0. The van der Waals surface area contributed by atoms with Gasteiger partial charge in [0, 0.05) is 19.3 Å². The first-order valence-electron chi connectivity index (χ1n) is 7.04. The van der Waals surface area contributed by atoms with Gasteiger partial charge in [0.25, 0.3) is 0 Å². The van der Waals surface area contributed by atoms with Gasteiger partial charge in [-0.25, -0.2) is 13.1 Å². The quantitative estimate of drug-likeness (QED) is 0.828. The Labute approximate surface area is 125 Å². The molecule has 21 heavy (non-hydrogen) atoms. The minimum absolute atomic E-state index is 0.0616. The van der Waals surface area contributed by atoms with Crippen molar-refractivity contribution in [1.29, 1.82) is 0 Å². The smallest absolute Gasteiger partial charge is 0.182 e. The first-order chi connectivity index (χ1) is 9.51. The van der Waals surface area contributed by atoms with Gasteiger partial charge in [-0.1, -0.05) is 0 Å². The fourth-order valence-electron chi connectivity index (χ4n) is 2.63. The lowest BCUT2D eigenvalue weighted by Gasteiger charge is -2.30. The van der Waals surface area contributed by atoms with Crippen LogP contribution in [0.1, 0.15) is 33.6 Å².